The van der Waals surface area contributed by atoms with Gasteiger partial charge >= 0.3 is 0 Å². The average molecular weight is 628 g/mol. The van der Waals surface area contributed by atoms with Gasteiger partial charge in [-0.2, -0.15) is 0 Å². The zero-order valence-corrected chi connectivity index (χ0v) is 26.1. The van der Waals surface area contributed by atoms with Gasteiger partial charge in [0.1, 0.15) is 52.2 Å². The van der Waals surface area contributed by atoms with Gasteiger partial charge in [0.2, 0.25) is 0 Å². The molecule has 1 aliphatic rings. The number of benzene rings is 2. The Balaban J connectivity index is 0.000000945. The Hall–Kier alpha value is -4.94. The second kappa shape index (κ2) is 14.7. The van der Waals surface area contributed by atoms with E-state index in [1.165, 1.54) is 18.5 Å². The number of thiazole rings is 1. The van der Waals surface area contributed by atoms with E-state index < -0.39 is 5.82 Å². The van der Waals surface area contributed by atoms with Gasteiger partial charge in [-0.3, -0.25) is 9.78 Å². The molecule has 45 heavy (non-hydrogen) atoms. The van der Waals surface area contributed by atoms with Crippen LogP contribution in [0.25, 0.3) is 21.6 Å². The lowest BCUT2D eigenvalue weighted by molar-refractivity contribution is -0.104. The number of hydrogen-bond acceptors (Lipinski definition) is 11. The number of aryl methyl sites for hydroxylation is 1. The summed E-state index contributed by atoms with van der Waals surface area (Å²) >= 11 is 1.55. The second-order valence-corrected chi connectivity index (χ2v) is 11.6. The van der Waals surface area contributed by atoms with Crippen LogP contribution in [0.3, 0.4) is 0 Å². The SMILES string of the molecule is C=CC=O.COc1cc2ncnc(Nc3ccc(Oc4ccnc(-c5ncc(C)s5)c4)cc3F)c2cc1NC1CCN(C)CC1. The number of nitrogens with zero attached hydrogens (tertiary/aromatic N) is 5. The highest BCUT2D eigenvalue weighted by molar-refractivity contribution is 7.14. The molecule has 1 aliphatic heterocycles. The van der Waals surface area contributed by atoms with Crippen molar-refractivity contribution in [3.8, 4) is 28.0 Å². The van der Waals surface area contributed by atoms with Crippen molar-refractivity contribution in [2.75, 3.05) is 37.9 Å². The summed E-state index contributed by atoms with van der Waals surface area (Å²) < 4.78 is 26.9. The molecule has 0 saturated carbocycles. The summed E-state index contributed by atoms with van der Waals surface area (Å²) in [7, 11) is 3.78. The van der Waals surface area contributed by atoms with Crippen LogP contribution in [0.1, 0.15) is 17.7 Å². The van der Waals surface area contributed by atoms with Gasteiger partial charge in [-0.15, -0.1) is 11.3 Å². The summed E-state index contributed by atoms with van der Waals surface area (Å²) in [6, 6.07) is 12.4. The number of carbonyl (C=O) groups is 1. The van der Waals surface area contributed by atoms with Gasteiger partial charge in [-0.1, -0.05) is 6.58 Å². The van der Waals surface area contributed by atoms with Crippen LogP contribution in [-0.2, 0) is 4.79 Å². The zero-order valence-electron chi connectivity index (χ0n) is 25.3. The Bertz CT molecular complexity index is 1780. The van der Waals surface area contributed by atoms with Crippen molar-refractivity contribution >= 4 is 45.7 Å². The van der Waals surface area contributed by atoms with Crippen molar-refractivity contribution in [2.24, 2.45) is 0 Å². The topological polar surface area (TPSA) is 114 Å². The van der Waals surface area contributed by atoms with Crippen LogP contribution in [0.4, 0.5) is 21.6 Å². The van der Waals surface area contributed by atoms with Crippen LogP contribution in [-0.4, -0.2) is 64.4 Å². The maximum atomic E-state index is 15.3. The number of ether oxygens (including phenoxy) is 2. The van der Waals surface area contributed by atoms with Gasteiger partial charge in [0.25, 0.3) is 0 Å². The van der Waals surface area contributed by atoms with Gasteiger partial charge in [0, 0.05) is 46.9 Å². The maximum absolute atomic E-state index is 15.3. The number of anilines is 3. The lowest BCUT2D eigenvalue weighted by atomic mass is 10.0. The summed E-state index contributed by atoms with van der Waals surface area (Å²) in [6.45, 7) is 7.18. The number of piperidine rings is 1. The highest BCUT2D eigenvalue weighted by Crippen LogP contribution is 2.35. The van der Waals surface area contributed by atoms with Crippen LogP contribution < -0.4 is 20.1 Å². The van der Waals surface area contributed by atoms with Crippen LogP contribution >= 0.6 is 11.3 Å². The fourth-order valence-corrected chi connectivity index (χ4v) is 5.56. The smallest absolute Gasteiger partial charge is 0.150 e. The molecule has 0 amide bonds. The summed E-state index contributed by atoms with van der Waals surface area (Å²) in [5.41, 5.74) is 2.53. The number of aromatic nitrogens is 4. The van der Waals surface area contributed by atoms with Gasteiger partial charge in [0.15, 0.2) is 0 Å². The first-order chi connectivity index (χ1) is 21.9. The van der Waals surface area contributed by atoms with Crippen molar-refractivity contribution < 1.29 is 18.7 Å². The number of methoxy groups -OCH3 is 1. The average Bonchev–Trinajstić information content (AvgIpc) is 3.50. The standard InChI is InChI=1S/C30H30FN7O2S.C3H4O/c1-18-16-33-30(41-18)27-13-21(6-9-32-27)40-20-4-5-24(23(31)12-20)37-29-22-14-26(36-19-7-10-38(2)11-8-19)28(39-3)15-25(22)34-17-35-29;1-2-3-4/h4-6,9,12-17,19,36H,7-8,10-11H2,1-3H3,(H,34,35,37);2-3H,1H2. The van der Waals surface area contributed by atoms with Crippen molar-refractivity contribution in [2.45, 2.75) is 25.8 Å². The Morgan fingerprint density at radius 1 is 1.04 bits per heavy atom. The number of pyridine rings is 1. The van der Waals surface area contributed by atoms with Crippen molar-refractivity contribution in [1.29, 1.82) is 0 Å². The minimum atomic E-state index is -0.475. The molecule has 10 nitrogen and oxygen atoms in total. The number of aldehydes is 1. The van der Waals surface area contributed by atoms with E-state index in [0.29, 0.717) is 46.6 Å². The van der Waals surface area contributed by atoms with Gasteiger partial charge in [-0.25, -0.2) is 19.3 Å². The number of halogens is 1. The minimum Gasteiger partial charge on any atom is -0.495 e. The number of rotatable bonds is 9. The molecule has 4 heterocycles. The number of hydrogen-bond donors (Lipinski definition) is 2. The first-order valence-electron chi connectivity index (χ1n) is 14.3. The van der Waals surface area contributed by atoms with E-state index in [2.05, 4.69) is 49.1 Å². The Labute approximate surface area is 265 Å². The van der Waals surface area contributed by atoms with Crippen molar-refractivity contribution in [3.63, 3.8) is 0 Å². The normalized spacial score (nSPS) is 13.4. The third kappa shape index (κ3) is 7.97. The first kappa shape index (κ1) is 31.5. The molecule has 1 saturated heterocycles. The third-order valence-electron chi connectivity index (χ3n) is 7.13. The molecule has 0 atom stereocenters. The number of carbonyl (C=O) groups excluding carboxylic acids is 1. The maximum Gasteiger partial charge on any atom is 0.150 e. The van der Waals surface area contributed by atoms with Gasteiger partial charge < -0.3 is 25.0 Å². The number of allylic oxidation sites excluding steroid dienone is 1. The highest BCUT2D eigenvalue weighted by Gasteiger charge is 2.19. The lowest BCUT2D eigenvalue weighted by Gasteiger charge is -2.30. The molecule has 3 aromatic heterocycles. The molecule has 2 N–H and O–H groups in total. The molecule has 0 unspecified atom stereocenters. The molecular weight excluding hydrogens is 593 g/mol. The number of likely N-dealkylation sites (tertiary alicyclic amines) is 1. The fourth-order valence-electron chi connectivity index (χ4n) is 4.83. The Kier molecular flexibility index (Phi) is 10.3. The lowest BCUT2D eigenvalue weighted by Crippen LogP contribution is -2.36. The molecular formula is C33H34FN7O3S. The molecule has 6 rings (SSSR count). The fraction of sp³-hybridized carbons (Fsp3) is 0.242. The van der Waals surface area contributed by atoms with E-state index in [4.69, 9.17) is 14.3 Å². The minimum absolute atomic E-state index is 0.270. The molecule has 2 aromatic carbocycles. The quantitative estimate of drug-likeness (QED) is 0.131. The Morgan fingerprint density at radius 2 is 1.82 bits per heavy atom. The molecule has 0 spiro atoms. The monoisotopic (exact) mass is 627 g/mol. The summed E-state index contributed by atoms with van der Waals surface area (Å²) in [4.78, 5) is 30.1. The zero-order chi connectivity index (χ0) is 31.8. The molecule has 0 radical (unpaired) electrons. The molecule has 0 bridgehead atoms. The molecule has 232 valence electrons. The molecule has 0 aliphatic carbocycles. The van der Waals surface area contributed by atoms with Crippen molar-refractivity contribution in [3.05, 3.63) is 84.5 Å². The van der Waals surface area contributed by atoms with E-state index >= 15 is 4.39 Å². The van der Waals surface area contributed by atoms with E-state index in [0.717, 1.165) is 46.9 Å². The van der Waals surface area contributed by atoms with Gasteiger partial charge in [-0.05, 0) is 70.2 Å². The highest BCUT2D eigenvalue weighted by atomic mass is 32.1. The van der Waals surface area contributed by atoms with Gasteiger partial charge in [0.05, 0.1) is 24.0 Å². The van der Waals surface area contributed by atoms with Crippen LogP contribution in [0.5, 0.6) is 17.2 Å². The molecule has 1 fully saturated rings. The Morgan fingerprint density at radius 3 is 2.51 bits per heavy atom. The third-order valence-corrected chi connectivity index (χ3v) is 8.07. The van der Waals surface area contributed by atoms with Crippen LogP contribution in [0.2, 0.25) is 0 Å². The van der Waals surface area contributed by atoms with E-state index in [-0.39, 0.29) is 5.69 Å². The summed E-state index contributed by atoms with van der Waals surface area (Å²) in [5.74, 6) is 1.63. The molecule has 5 aromatic rings. The largest absolute Gasteiger partial charge is 0.495 e. The van der Waals surface area contributed by atoms with E-state index in [9.17, 15) is 0 Å². The predicted molar refractivity (Wildman–Crippen MR) is 176 cm³/mol. The number of nitrogens with one attached hydrogen (secondary N) is 2. The van der Waals surface area contributed by atoms with Crippen molar-refractivity contribution in [1.82, 2.24) is 24.8 Å². The van der Waals surface area contributed by atoms with E-state index in [1.807, 2.05) is 19.1 Å². The first-order valence-corrected chi connectivity index (χ1v) is 15.2. The van der Waals surface area contributed by atoms with Crippen LogP contribution in [0.15, 0.2) is 73.8 Å². The predicted octanol–water partition coefficient (Wildman–Crippen LogP) is 7.02. The summed E-state index contributed by atoms with van der Waals surface area (Å²) in [6.07, 6.45) is 8.83. The number of fused-ring (bicyclic) bond motifs is 1. The second-order valence-electron chi connectivity index (χ2n) is 10.4. The molecule has 12 heteroatoms. The van der Waals surface area contributed by atoms with Crippen LogP contribution in [0, 0.1) is 12.7 Å². The summed E-state index contributed by atoms with van der Waals surface area (Å²) in [5, 5.41) is 8.33. The van der Waals surface area contributed by atoms with E-state index in [1.54, 1.807) is 55.1 Å².